The van der Waals surface area contributed by atoms with Crippen molar-refractivity contribution in [3.8, 4) is 0 Å². The summed E-state index contributed by atoms with van der Waals surface area (Å²) in [4.78, 5) is 39.0. The molecule has 1 aromatic heterocycles. The van der Waals surface area contributed by atoms with E-state index < -0.39 is 5.91 Å². The normalized spacial score (nSPS) is 12.9. The molecule has 2 heterocycles. The number of anilines is 3. The highest BCUT2D eigenvalue weighted by Gasteiger charge is 2.27. The number of para-hydroxylation sites is 2. The Morgan fingerprint density at radius 3 is 2.59 bits per heavy atom. The summed E-state index contributed by atoms with van der Waals surface area (Å²) in [5.74, 6) is -0.830. The van der Waals surface area contributed by atoms with Gasteiger partial charge in [-0.05, 0) is 60.7 Å². The molecule has 4 aromatic rings. The van der Waals surface area contributed by atoms with Crippen LogP contribution in [0.4, 0.5) is 17.1 Å². The van der Waals surface area contributed by atoms with E-state index in [1.54, 1.807) is 72.8 Å². The monoisotopic (exact) mass is 445 g/mol. The van der Waals surface area contributed by atoms with E-state index in [0.717, 1.165) is 5.39 Å². The summed E-state index contributed by atoms with van der Waals surface area (Å²) >= 11 is 5.97. The number of fused-ring (bicyclic) bond motifs is 2. The van der Waals surface area contributed by atoms with Gasteiger partial charge >= 0.3 is 0 Å². The maximum atomic E-state index is 13.0. The smallest absolute Gasteiger partial charge is 0.291 e. The van der Waals surface area contributed by atoms with E-state index in [0.29, 0.717) is 33.2 Å². The lowest BCUT2D eigenvalue weighted by Crippen LogP contribution is -2.42. The van der Waals surface area contributed by atoms with Crippen LogP contribution in [-0.2, 0) is 4.79 Å². The van der Waals surface area contributed by atoms with Gasteiger partial charge in [-0.1, -0.05) is 23.7 Å². The highest BCUT2D eigenvalue weighted by Crippen LogP contribution is 2.30. The van der Waals surface area contributed by atoms with Crippen LogP contribution >= 0.6 is 11.6 Å². The molecular formula is C24H16ClN3O4. The zero-order chi connectivity index (χ0) is 22.2. The summed E-state index contributed by atoms with van der Waals surface area (Å²) in [6.07, 6.45) is 0. The second-order valence-electron chi connectivity index (χ2n) is 7.28. The number of hydrogen-bond donors (Lipinski definition) is 2. The summed E-state index contributed by atoms with van der Waals surface area (Å²) in [6.45, 7) is -0.0651. The van der Waals surface area contributed by atoms with Crippen LogP contribution in [0.3, 0.4) is 0 Å². The molecule has 7 nitrogen and oxygen atoms in total. The summed E-state index contributed by atoms with van der Waals surface area (Å²) in [5.41, 5.74) is 2.69. The fourth-order valence-electron chi connectivity index (χ4n) is 3.59. The molecular weight excluding hydrogens is 430 g/mol. The van der Waals surface area contributed by atoms with E-state index in [2.05, 4.69) is 10.6 Å². The largest absolute Gasteiger partial charge is 0.451 e. The highest BCUT2D eigenvalue weighted by atomic mass is 35.5. The summed E-state index contributed by atoms with van der Waals surface area (Å²) in [6, 6.07) is 20.3. The molecule has 2 N–H and O–H groups in total. The number of carbonyl (C=O) groups is 3. The van der Waals surface area contributed by atoms with Crippen molar-refractivity contribution >= 4 is 57.4 Å². The van der Waals surface area contributed by atoms with Crippen LogP contribution in [0.5, 0.6) is 0 Å². The van der Waals surface area contributed by atoms with Crippen molar-refractivity contribution in [2.75, 3.05) is 22.1 Å². The van der Waals surface area contributed by atoms with Crippen molar-refractivity contribution in [2.24, 2.45) is 0 Å². The van der Waals surface area contributed by atoms with Crippen LogP contribution in [-0.4, -0.2) is 24.3 Å². The number of nitrogens with zero attached hydrogens (tertiary/aromatic N) is 1. The molecule has 8 heteroatoms. The molecule has 0 spiro atoms. The Bertz CT molecular complexity index is 1380. The van der Waals surface area contributed by atoms with Gasteiger partial charge in [0.15, 0.2) is 5.76 Å². The van der Waals surface area contributed by atoms with Crippen LogP contribution in [0.25, 0.3) is 11.0 Å². The van der Waals surface area contributed by atoms with Gasteiger partial charge in [0.25, 0.3) is 11.8 Å². The van der Waals surface area contributed by atoms with Crippen LogP contribution in [0.2, 0.25) is 5.02 Å². The highest BCUT2D eigenvalue weighted by molar-refractivity contribution is 6.31. The van der Waals surface area contributed by atoms with Crippen molar-refractivity contribution in [1.82, 2.24) is 0 Å². The van der Waals surface area contributed by atoms with E-state index in [1.165, 1.54) is 4.90 Å². The van der Waals surface area contributed by atoms with Gasteiger partial charge in [-0.15, -0.1) is 0 Å². The van der Waals surface area contributed by atoms with Crippen molar-refractivity contribution in [3.63, 3.8) is 0 Å². The molecule has 0 aliphatic carbocycles. The van der Waals surface area contributed by atoms with Crippen LogP contribution < -0.4 is 15.5 Å². The third kappa shape index (κ3) is 3.70. The Kier molecular flexibility index (Phi) is 4.88. The fraction of sp³-hybridized carbons (Fsp3) is 0.0417. The van der Waals surface area contributed by atoms with Gasteiger partial charge in [0.2, 0.25) is 5.91 Å². The first-order chi connectivity index (χ1) is 15.5. The first-order valence-electron chi connectivity index (χ1n) is 9.79. The molecule has 0 saturated heterocycles. The van der Waals surface area contributed by atoms with Crippen LogP contribution in [0.1, 0.15) is 20.9 Å². The molecule has 5 rings (SSSR count). The molecule has 32 heavy (non-hydrogen) atoms. The standard InChI is InChI=1S/C24H16ClN3O4/c25-16-7-10-20-15(11-16)12-21(32-20)23(30)26-17-8-5-14(6-9-17)24(31)28-13-22(29)27-18-3-1-2-4-19(18)28/h1-12H,13H2,(H,26,30)(H,27,29). The zero-order valence-corrected chi connectivity index (χ0v) is 17.3. The Morgan fingerprint density at radius 2 is 1.78 bits per heavy atom. The van der Waals surface area contributed by atoms with E-state index >= 15 is 0 Å². The summed E-state index contributed by atoms with van der Waals surface area (Å²) < 4.78 is 5.57. The van der Waals surface area contributed by atoms with Gasteiger partial charge in [0.05, 0.1) is 11.4 Å². The quantitative estimate of drug-likeness (QED) is 0.467. The first-order valence-corrected chi connectivity index (χ1v) is 10.2. The van der Waals surface area contributed by atoms with E-state index in [-0.39, 0.29) is 24.1 Å². The van der Waals surface area contributed by atoms with Gasteiger partial charge < -0.3 is 15.1 Å². The Hall–Kier alpha value is -4.10. The van der Waals surface area contributed by atoms with Gasteiger partial charge in [0.1, 0.15) is 12.1 Å². The van der Waals surface area contributed by atoms with Crippen molar-refractivity contribution in [1.29, 1.82) is 0 Å². The van der Waals surface area contributed by atoms with E-state index in [4.69, 9.17) is 16.0 Å². The lowest BCUT2D eigenvalue weighted by Gasteiger charge is -2.29. The van der Waals surface area contributed by atoms with Gasteiger partial charge in [-0.3, -0.25) is 19.3 Å². The molecule has 0 unspecified atom stereocenters. The van der Waals surface area contributed by atoms with Crippen molar-refractivity contribution in [3.05, 3.63) is 89.1 Å². The van der Waals surface area contributed by atoms with Gasteiger partial charge in [0, 0.05) is 21.7 Å². The third-order valence-electron chi connectivity index (χ3n) is 5.11. The average Bonchev–Trinajstić information content (AvgIpc) is 3.22. The minimum absolute atomic E-state index is 0.0651. The number of carbonyl (C=O) groups excluding carboxylic acids is 3. The number of nitrogens with one attached hydrogen (secondary N) is 2. The minimum Gasteiger partial charge on any atom is -0.451 e. The molecule has 0 saturated carbocycles. The van der Waals surface area contributed by atoms with Crippen molar-refractivity contribution in [2.45, 2.75) is 0 Å². The first kappa shape index (κ1) is 19.8. The second-order valence-corrected chi connectivity index (χ2v) is 7.72. The average molecular weight is 446 g/mol. The number of halogens is 1. The van der Waals surface area contributed by atoms with E-state index in [9.17, 15) is 14.4 Å². The Labute approximate surface area is 187 Å². The molecule has 0 radical (unpaired) electrons. The maximum absolute atomic E-state index is 13.0. The van der Waals surface area contributed by atoms with Gasteiger partial charge in [-0.2, -0.15) is 0 Å². The topological polar surface area (TPSA) is 91.7 Å². The second kappa shape index (κ2) is 7.86. The van der Waals surface area contributed by atoms with Crippen LogP contribution in [0.15, 0.2) is 77.2 Å². The third-order valence-corrected chi connectivity index (χ3v) is 5.34. The Balaban J connectivity index is 1.33. The molecule has 0 bridgehead atoms. The minimum atomic E-state index is -0.418. The number of amides is 3. The predicted octanol–water partition coefficient (Wildman–Crippen LogP) is 4.94. The lowest BCUT2D eigenvalue weighted by molar-refractivity contribution is -0.115. The molecule has 3 amide bonds. The predicted molar refractivity (Wildman–Crippen MR) is 122 cm³/mol. The molecule has 1 aliphatic heterocycles. The SMILES string of the molecule is O=C1CN(C(=O)c2ccc(NC(=O)c3cc4cc(Cl)ccc4o3)cc2)c2ccccc2N1. The van der Waals surface area contributed by atoms with Gasteiger partial charge in [-0.25, -0.2) is 0 Å². The lowest BCUT2D eigenvalue weighted by atomic mass is 10.1. The Morgan fingerprint density at radius 1 is 1.00 bits per heavy atom. The number of rotatable bonds is 3. The number of benzene rings is 3. The zero-order valence-electron chi connectivity index (χ0n) is 16.6. The molecule has 1 aliphatic rings. The maximum Gasteiger partial charge on any atom is 0.291 e. The summed E-state index contributed by atoms with van der Waals surface area (Å²) in [7, 11) is 0. The fourth-order valence-corrected chi connectivity index (χ4v) is 3.77. The van der Waals surface area contributed by atoms with Crippen LogP contribution in [0, 0.1) is 0 Å². The molecule has 0 atom stereocenters. The molecule has 0 fully saturated rings. The van der Waals surface area contributed by atoms with E-state index in [1.807, 2.05) is 0 Å². The number of furan rings is 1. The van der Waals surface area contributed by atoms with Crippen molar-refractivity contribution < 1.29 is 18.8 Å². The molecule has 3 aromatic carbocycles. The number of hydrogen-bond acceptors (Lipinski definition) is 4. The molecule has 158 valence electrons. The summed E-state index contributed by atoms with van der Waals surface area (Å²) in [5, 5.41) is 6.79.